The number of amides is 2. The molecule has 4 N–H and O–H groups in total. The molecule has 11 rings (SSSR count). The monoisotopic (exact) mass is 1120 g/mol. The molecule has 0 unspecified atom stereocenters. The number of halogens is 3. The van der Waals surface area contributed by atoms with Gasteiger partial charge in [0.15, 0.2) is 11.5 Å². The highest BCUT2D eigenvalue weighted by atomic mass is 32.2. The van der Waals surface area contributed by atoms with Crippen LogP contribution in [0.25, 0.3) is 11.0 Å². The summed E-state index contributed by atoms with van der Waals surface area (Å²) in [6, 6.07) is 20.4. The van der Waals surface area contributed by atoms with Crippen LogP contribution in [0.3, 0.4) is 0 Å². The maximum atomic E-state index is 15.2. The van der Waals surface area contributed by atoms with Crippen molar-refractivity contribution >= 4 is 49.9 Å². The lowest BCUT2D eigenvalue weighted by atomic mass is 9.59. The van der Waals surface area contributed by atoms with Crippen LogP contribution in [0.4, 0.5) is 30.2 Å². The summed E-state index contributed by atoms with van der Waals surface area (Å²) in [7, 11) is -3.33. The van der Waals surface area contributed by atoms with E-state index in [0.717, 1.165) is 49.1 Å². The number of methoxy groups -OCH3 is 1. The predicted molar refractivity (Wildman–Crippen MR) is 292 cm³/mol. The molecule has 0 bridgehead atoms. The number of aromatic amines is 1. The van der Waals surface area contributed by atoms with E-state index in [4.69, 9.17) is 14.2 Å². The Kier molecular flexibility index (Phi) is 14.2. The number of hydrogen-bond acceptors (Lipinski definition) is 14. The van der Waals surface area contributed by atoms with Crippen LogP contribution in [0.1, 0.15) is 115 Å². The minimum absolute atomic E-state index is 0.0435. The topological polar surface area (TPSA) is 222 Å². The van der Waals surface area contributed by atoms with Crippen LogP contribution < -0.4 is 29.1 Å². The van der Waals surface area contributed by atoms with Crippen molar-refractivity contribution in [1.29, 1.82) is 0 Å². The van der Waals surface area contributed by atoms with Gasteiger partial charge in [0.05, 0.1) is 64.3 Å². The van der Waals surface area contributed by atoms with Gasteiger partial charge in [-0.3, -0.25) is 24.6 Å². The van der Waals surface area contributed by atoms with Crippen LogP contribution in [0, 0.1) is 27.3 Å². The number of pyridine rings is 1. The van der Waals surface area contributed by atoms with Gasteiger partial charge in [-0.2, -0.15) is 0 Å². The number of alkyl halides is 2. The van der Waals surface area contributed by atoms with Crippen molar-refractivity contribution in [2.45, 2.75) is 100 Å². The fourth-order valence-corrected chi connectivity index (χ4v) is 13.4. The van der Waals surface area contributed by atoms with E-state index in [2.05, 4.69) is 55.8 Å². The van der Waals surface area contributed by atoms with Crippen LogP contribution in [-0.4, -0.2) is 115 Å². The lowest BCUT2D eigenvalue weighted by Gasteiger charge is -2.63. The molecule has 2 saturated carbocycles. The molecular formula is C58H63F3N8O10S. The van der Waals surface area contributed by atoms with E-state index in [1.165, 1.54) is 49.7 Å². The third-order valence-electron chi connectivity index (χ3n) is 16.8. The number of aliphatic hydroxyl groups is 1. The first-order valence-electron chi connectivity index (χ1n) is 27.0. The molecule has 5 aliphatic rings. The van der Waals surface area contributed by atoms with Crippen LogP contribution >= 0.6 is 0 Å². The van der Waals surface area contributed by atoms with Gasteiger partial charge in [0, 0.05) is 80.3 Å². The minimum atomic E-state index is -4.70. The van der Waals surface area contributed by atoms with E-state index in [1.807, 2.05) is 12.1 Å². The zero-order valence-corrected chi connectivity index (χ0v) is 45.6. The van der Waals surface area contributed by atoms with Crippen molar-refractivity contribution in [3.8, 4) is 23.0 Å². The zero-order valence-electron chi connectivity index (χ0n) is 44.8. The van der Waals surface area contributed by atoms with E-state index >= 15 is 8.78 Å². The van der Waals surface area contributed by atoms with E-state index in [1.54, 1.807) is 24.0 Å². The van der Waals surface area contributed by atoms with Crippen molar-refractivity contribution < 1.29 is 55.4 Å². The quantitative estimate of drug-likeness (QED) is 0.0555. The number of nitro benzene ring substituents is 1. The van der Waals surface area contributed by atoms with Crippen molar-refractivity contribution in [1.82, 2.24) is 24.5 Å². The molecule has 1 atom stereocenters. The number of nitrogens with one attached hydrogen (secondary N) is 3. The Bertz CT molecular complexity index is 3520. The second kappa shape index (κ2) is 20.9. The maximum Gasteiger partial charge on any atom is 0.293 e. The fraction of sp³-hybridized carbons (Fsp3) is 0.431. The van der Waals surface area contributed by atoms with Gasteiger partial charge in [0.2, 0.25) is 0 Å². The first kappa shape index (κ1) is 54.5. The van der Waals surface area contributed by atoms with Crippen LogP contribution in [0.2, 0.25) is 0 Å². The molecule has 18 nitrogen and oxygen atoms in total. The number of H-pyrrole nitrogens is 1. The summed E-state index contributed by atoms with van der Waals surface area (Å²) >= 11 is 0. The molecule has 2 aliphatic carbocycles. The van der Waals surface area contributed by atoms with E-state index in [0.29, 0.717) is 57.8 Å². The van der Waals surface area contributed by atoms with E-state index in [-0.39, 0.29) is 98.3 Å². The fourth-order valence-electron chi connectivity index (χ4n) is 12.4. The Morgan fingerprint density at radius 1 is 1.00 bits per heavy atom. The van der Waals surface area contributed by atoms with Crippen LogP contribution in [0.15, 0.2) is 96.2 Å². The molecule has 22 heteroatoms. The highest BCUT2D eigenvalue weighted by Gasteiger charge is 2.55. The second-order valence-corrected chi connectivity index (χ2v) is 24.4. The Hall–Kier alpha value is -7.43. The first-order valence-corrected chi connectivity index (χ1v) is 28.5. The molecule has 4 aromatic carbocycles. The number of rotatable bonds is 15. The highest BCUT2D eigenvalue weighted by molar-refractivity contribution is 7.90. The normalized spacial score (nSPS) is 21.8. The number of aromatic nitrogens is 2. The number of anilines is 2. The van der Waals surface area contributed by atoms with Crippen molar-refractivity contribution in [3.05, 3.63) is 135 Å². The molecule has 0 radical (unpaired) electrons. The summed E-state index contributed by atoms with van der Waals surface area (Å²) < 4.78 is 92.3. The molecular weight excluding hydrogens is 1060 g/mol. The van der Waals surface area contributed by atoms with Gasteiger partial charge in [0.25, 0.3) is 33.4 Å². The molecule has 6 aromatic rings. The zero-order chi connectivity index (χ0) is 56.5. The number of piperazine rings is 1. The summed E-state index contributed by atoms with van der Waals surface area (Å²) in [6.45, 7) is 8.83. The minimum Gasteiger partial charge on any atom is -0.493 e. The van der Waals surface area contributed by atoms with Gasteiger partial charge in [-0.1, -0.05) is 38.1 Å². The number of nitro groups is 1. The summed E-state index contributed by atoms with van der Waals surface area (Å²) in [6.07, 6.45) is 6.32. The van der Waals surface area contributed by atoms with Gasteiger partial charge < -0.3 is 39.4 Å². The molecule has 1 spiro atoms. The van der Waals surface area contributed by atoms with Gasteiger partial charge in [-0.25, -0.2) is 31.3 Å². The number of benzene rings is 4. The third-order valence-corrected chi connectivity index (χ3v) is 18.2. The number of sulfonamides is 1. The third kappa shape index (κ3) is 10.6. The summed E-state index contributed by atoms with van der Waals surface area (Å²) in [5.41, 5.74) is 1.56. The Balaban J connectivity index is 0.805. The molecule has 2 amide bonds. The Labute approximate surface area is 460 Å². The number of fused-ring (bicyclic) bond motifs is 2. The van der Waals surface area contributed by atoms with Crippen LogP contribution in [0.5, 0.6) is 23.0 Å². The summed E-state index contributed by atoms with van der Waals surface area (Å²) in [5.74, 6) is -4.82. The summed E-state index contributed by atoms with van der Waals surface area (Å²) in [4.78, 5) is 52.9. The average molecular weight is 1120 g/mol. The molecule has 422 valence electrons. The molecule has 80 heavy (non-hydrogen) atoms. The molecule has 5 heterocycles. The number of carbonyl (C=O) groups excluding carboxylic acids is 2. The van der Waals surface area contributed by atoms with Crippen molar-refractivity contribution in [2.75, 3.05) is 63.2 Å². The Morgan fingerprint density at radius 2 is 1.76 bits per heavy atom. The van der Waals surface area contributed by atoms with Gasteiger partial charge in [-0.05, 0) is 111 Å². The van der Waals surface area contributed by atoms with Gasteiger partial charge >= 0.3 is 0 Å². The van der Waals surface area contributed by atoms with Crippen molar-refractivity contribution in [2.24, 2.45) is 11.3 Å². The lowest BCUT2D eigenvalue weighted by Crippen LogP contribution is -2.68. The van der Waals surface area contributed by atoms with E-state index in [9.17, 15) is 37.6 Å². The van der Waals surface area contributed by atoms with Crippen LogP contribution in [-0.2, 0) is 15.9 Å². The predicted octanol–water partition coefficient (Wildman–Crippen LogP) is 10.0. The molecule has 2 saturated heterocycles. The van der Waals surface area contributed by atoms with E-state index < -0.39 is 55.2 Å². The largest absolute Gasteiger partial charge is 0.493 e. The first-order chi connectivity index (χ1) is 38.1. The lowest BCUT2D eigenvalue weighted by molar-refractivity contribution is -0.384. The SMILES string of the molecule is COc1cc(C(=O)N2CCN(C3CC4(C3)CN(c3ccc(C(=O)NS(=O)(=O)c5ccc(NC[C@H]6CC[C@](C)(O)CC6)c([N+](=O)[O-])c5)c(Oc5cnc6[nH]cc(F)c6c5)c3)C4)[C@H](c3ccccc3C(C)C)C2)cc2c1OCCC2(F)F. The smallest absolute Gasteiger partial charge is 0.293 e. The number of carbonyl (C=O) groups is 2. The highest BCUT2D eigenvalue weighted by Crippen LogP contribution is 2.54. The molecule has 2 aromatic heterocycles. The second-order valence-electron chi connectivity index (χ2n) is 22.7. The number of ether oxygens (including phenoxy) is 3. The molecule has 3 aliphatic heterocycles. The number of hydrogen-bond donors (Lipinski definition) is 4. The maximum absolute atomic E-state index is 15.2. The number of nitrogens with zero attached hydrogens (tertiary/aromatic N) is 5. The van der Waals surface area contributed by atoms with Crippen molar-refractivity contribution in [3.63, 3.8) is 0 Å². The summed E-state index contributed by atoms with van der Waals surface area (Å²) in [5, 5.41) is 25.8. The standard InChI is InChI=1S/C58H63F3N8O10S/c1-34(2)41-7-5-6-8-42(41)49-31-66(55(71)36-21-45-52(51(22-36)77-4)78-20-17-58(45,60)61)18-19-68(49)38-26-57(27-38)32-67(33-57)37-9-11-43(50(23-37)79-39-24-44-46(59)30-64-53(44)63-29-39)54(70)65-80(75,76)40-10-12-47(48(25-40)69(73)74)62-28-35-13-15-56(3,72)16-14-35/h5-12,21-25,29-30,34-35,38,49,62,72H,13-20,26-28,31-33H2,1-4H3,(H,63,64)(H,65,70)/t35-,49-,56-/m0/s1. The molecule has 4 fully saturated rings. The van der Waals surface area contributed by atoms with Gasteiger partial charge in [-0.15, -0.1) is 0 Å². The van der Waals surface area contributed by atoms with Gasteiger partial charge in [0.1, 0.15) is 28.7 Å². The Morgan fingerprint density at radius 3 is 2.50 bits per heavy atom. The average Bonchev–Trinajstić information content (AvgIpc) is 3.94.